The minimum atomic E-state index is -0.941. The molecule has 140 valence electrons. The van der Waals surface area contributed by atoms with Gasteiger partial charge in [0.1, 0.15) is 6.23 Å². The molecule has 0 aromatic rings. The van der Waals surface area contributed by atoms with Gasteiger partial charge in [0.05, 0.1) is 85.9 Å². The lowest BCUT2D eigenvalue weighted by atomic mass is 10.6. The number of hydrogen-bond donors (Lipinski definition) is 3. The van der Waals surface area contributed by atoms with Gasteiger partial charge in [-0.05, 0) is 0 Å². The summed E-state index contributed by atoms with van der Waals surface area (Å²) < 4.78 is 31.2. The third-order valence-corrected chi connectivity index (χ3v) is 2.38. The second-order valence-corrected chi connectivity index (χ2v) is 4.43. The minimum Gasteiger partial charge on any atom is -0.394 e. The molecule has 0 aliphatic heterocycles. The van der Waals surface area contributed by atoms with E-state index in [9.17, 15) is 0 Å². The Kier molecular flexibility index (Phi) is 19.4. The molecule has 9 nitrogen and oxygen atoms in total. The van der Waals surface area contributed by atoms with Crippen LogP contribution in [-0.4, -0.2) is 102 Å². The molecule has 4 N–H and O–H groups in total. The van der Waals surface area contributed by atoms with E-state index in [-0.39, 0.29) is 13.2 Å². The summed E-state index contributed by atoms with van der Waals surface area (Å²) in [5.74, 6) is 0. The molecule has 9 heteroatoms. The molecule has 0 saturated heterocycles. The van der Waals surface area contributed by atoms with Crippen molar-refractivity contribution in [2.24, 2.45) is 5.73 Å². The summed E-state index contributed by atoms with van der Waals surface area (Å²) in [6.45, 7) is 5.24. The standard InChI is InChI=1S/C14H31NO8/c15-14(17)13-23-12-11-22-10-9-21-8-7-20-6-5-19-4-3-18-2-1-16/h14,16-17H,1-13,15H2. The predicted molar refractivity (Wildman–Crippen MR) is 82.2 cm³/mol. The Morgan fingerprint density at radius 3 is 1.17 bits per heavy atom. The molecular formula is C14H31NO8. The molecule has 0 heterocycles. The van der Waals surface area contributed by atoms with Crippen molar-refractivity contribution >= 4 is 0 Å². The van der Waals surface area contributed by atoms with E-state index in [1.165, 1.54) is 0 Å². The fraction of sp³-hybridized carbons (Fsp3) is 1.00. The van der Waals surface area contributed by atoms with E-state index in [1.54, 1.807) is 0 Å². The van der Waals surface area contributed by atoms with Crippen molar-refractivity contribution in [3.63, 3.8) is 0 Å². The second kappa shape index (κ2) is 19.7. The average Bonchev–Trinajstić information content (AvgIpc) is 2.53. The van der Waals surface area contributed by atoms with Crippen LogP contribution < -0.4 is 5.73 Å². The Morgan fingerprint density at radius 1 is 0.565 bits per heavy atom. The average molecular weight is 341 g/mol. The van der Waals surface area contributed by atoms with E-state index in [4.69, 9.17) is 44.4 Å². The quantitative estimate of drug-likeness (QED) is 0.187. The van der Waals surface area contributed by atoms with Crippen molar-refractivity contribution in [3.05, 3.63) is 0 Å². The molecule has 0 aliphatic rings. The van der Waals surface area contributed by atoms with Crippen molar-refractivity contribution in [3.8, 4) is 0 Å². The number of ether oxygens (including phenoxy) is 6. The van der Waals surface area contributed by atoms with Gasteiger partial charge < -0.3 is 44.4 Å². The van der Waals surface area contributed by atoms with Crippen molar-refractivity contribution in [2.75, 3.05) is 85.9 Å². The Morgan fingerprint density at radius 2 is 0.870 bits per heavy atom. The maximum atomic E-state index is 8.75. The molecule has 0 rings (SSSR count). The SMILES string of the molecule is NC(O)COCCOCCOCCOCCOCCOCCO. The van der Waals surface area contributed by atoms with Gasteiger partial charge in [-0.1, -0.05) is 0 Å². The zero-order chi connectivity index (χ0) is 17.0. The lowest BCUT2D eigenvalue weighted by Crippen LogP contribution is -2.26. The fourth-order valence-electron chi connectivity index (χ4n) is 1.37. The van der Waals surface area contributed by atoms with Crippen molar-refractivity contribution < 1.29 is 38.6 Å². The van der Waals surface area contributed by atoms with Crippen molar-refractivity contribution in [1.29, 1.82) is 0 Å². The largest absolute Gasteiger partial charge is 0.394 e. The van der Waals surface area contributed by atoms with Crippen molar-refractivity contribution in [1.82, 2.24) is 0 Å². The van der Waals surface area contributed by atoms with E-state index in [0.29, 0.717) is 72.7 Å². The monoisotopic (exact) mass is 341 g/mol. The van der Waals surface area contributed by atoms with Crippen LogP contribution in [0.1, 0.15) is 0 Å². The van der Waals surface area contributed by atoms with Crippen LogP contribution in [0.5, 0.6) is 0 Å². The highest BCUT2D eigenvalue weighted by Crippen LogP contribution is 1.84. The van der Waals surface area contributed by atoms with Crippen LogP contribution in [0, 0.1) is 0 Å². The molecule has 0 saturated carbocycles. The number of rotatable bonds is 19. The molecule has 0 aliphatic carbocycles. The van der Waals surface area contributed by atoms with Gasteiger partial charge in [0.25, 0.3) is 0 Å². The molecule has 0 aromatic heterocycles. The van der Waals surface area contributed by atoms with E-state index < -0.39 is 6.23 Å². The molecule has 0 aromatic carbocycles. The maximum Gasteiger partial charge on any atom is 0.126 e. The summed E-state index contributed by atoms with van der Waals surface area (Å²) in [5, 5.41) is 17.2. The topological polar surface area (TPSA) is 122 Å². The van der Waals surface area contributed by atoms with Gasteiger partial charge in [-0.25, -0.2) is 0 Å². The normalized spacial score (nSPS) is 12.7. The summed E-state index contributed by atoms with van der Waals surface area (Å²) >= 11 is 0. The van der Waals surface area contributed by atoms with Gasteiger partial charge >= 0.3 is 0 Å². The first kappa shape index (κ1) is 22.6. The highest BCUT2D eigenvalue weighted by Gasteiger charge is 1.96. The molecule has 0 amide bonds. The van der Waals surface area contributed by atoms with E-state index in [1.807, 2.05) is 0 Å². The first-order valence-corrected chi connectivity index (χ1v) is 7.78. The van der Waals surface area contributed by atoms with Crippen LogP contribution in [0.3, 0.4) is 0 Å². The summed E-state index contributed by atoms with van der Waals surface area (Å²) in [5.41, 5.74) is 5.10. The number of nitrogens with two attached hydrogens (primary N) is 1. The third-order valence-electron chi connectivity index (χ3n) is 2.38. The minimum absolute atomic E-state index is 0.0281. The maximum absolute atomic E-state index is 8.75. The number of aliphatic hydroxyl groups is 2. The van der Waals surface area contributed by atoms with Crippen LogP contribution in [0.25, 0.3) is 0 Å². The lowest BCUT2D eigenvalue weighted by Gasteiger charge is -2.08. The van der Waals surface area contributed by atoms with E-state index in [2.05, 4.69) is 0 Å². The van der Waals surface area contributed by atoms with Gasteiger partial charge in [0, 0.05) is 0 Å². The van der Waals surface area contributed by atoms with Gasteiger partial charge in [-0.2, -0.15) is 0 Å². The van der Waals surface area contributed by atoms with Crippen LogP contribution in [0.4, 0.5) is 0 Å². The number of aliphatic hydroxyl groups excluding tert-OH is 2. The highest BCUT2D eigenvalue weighted by molar-refractivity contribution is 4.39. The van der Waals surface area contributed by atoms with Crippen LogP contribution in [-0.2, 0) is 28.4 Å². The van der Waals surface area contributed by atoms with Crippen LogP contribution in [0.15, 0.2) is 0 Å². The Bertz CT molecular complexity index is 221. The summed E-state index contributed by atoms with van der Waals surface area (Å²) in [4.78, 5) is 0. The number of hydrogen-bond acceptors (Lipinski definition) is 9. The summed E-state index contributed by atoms with van der Waals surface area (Å²) in [7, 11) is 0. The van der Waals surface area contributed by atoms with Crippen LogP contribution in [0.2, 0.25) is 0 Å². The third kappa shape index (κ3) is 21.6. The first-order valence-electron chi connectivity index (χ1n) is 7.78. The molecule has 0 radical (unpaired) electrons. The smallest absolute Gasteiger partial charge is 0.126 e. The summed E-state index contributed by atoms with van der Waals surface area (Å²) in [6.07, 6.45) is -0.941. The Labute approximate surface area is 137 Å². The first-order chi connectivity index (χ1) is 11.3. The summed E-state index contributed by atoms with van der Waals surface area (Å²) in [6, 6.07) is 0. The van der Waals surface area contributed by atoms with Crippen molar-refractivity contribution in [2.45, 2.75) is 6.23 Å². The zero-order valence-electron chi connectivity index (χ0n) is 13.7. The zero-order valence-corrected chi connectivity index (χ0v) is 13.7. The van der Waals surface area contributed by atoms with Gasteiger partial charge in [0.2, 0.25) is 0 Å². The predicted octanol–water partition coefficient (Wildman–Crippen LogP) is -1.64. The molecule has 0 fully saturated rings. The van der Waals surface area contributed by atoms with Gasteiger partial charge in [0.15, 0.2) is 0 Å². The molecule has 1 atom stereocenters. The molecule has 1 unspecified atom stereocenters. The molecular weight excluding hydrogens is 310 g/mol. The highest BCUT2D eigenvalue weighted by atomic mass is 16.6. The molecule has 0 spiro atoms. The van der Waals surface area contributed by atoms with E-state index >= 15 is 0 Å². The molecule has 23 heavy (non-hydrogen) atoms. The van der Waals surface area contributed by atoms with E-state index in [0.717, 1.165) is 0 Å². The lowest BCUT2D eigenvalue weighted by molar-refractivity contribution is -0.0238. The van der Waals surface area contributed by atoms with Gasteiger partial charge in [-0.3, -0.25) is 0 Å². The van der Waals surface area contributed by atoms with Crippen LogP contribution >= 0.6 is 0 Å². The Balaban J connectivity index is 2.95. The second-order valence-electron chi connectivity index (χ2n) is 4.43. The molecule has 0 bridgehead atoms. The fourth-order valence-corrected chi connectivity index (χ4v) is 1.37. The van der Waals surface area contributed by atoms with Gasteiger partial charge in [-0.15, -0.1) is 0 Å². The Hall–Kier alpha value is -0.360.